The van der Waals surface area contributed by atoms with Crippen LogP contribution in [0.4, 0.5) is 0 Å². The summed E-state index contributed by atoms with van der Waals surface area (Å²) in [6.45, 7) is 3.32. The molecule has 0 aromatic carbocycles. The zero-order chi connectivity index (χ0) is 13.4. The first kappa shape index (κ1) is 16.1. The van der Waals surface area contributed by atoms with Crippen molar-refractivity contribution in [2.75, 3.05) is 18.6 Å². The van der Waals surface area contributed by atoms with E-state index in [4.69, 9.17) is 5.11 Å². The van der Waals surface area contributed by atoms with E-state index >= 15 is 0 Å². The lowest BCUT2D eigenvalue weighted by atomic mass is 10.2. The molecule has 3 N–H and O–H groups in total. The fourth-order valence-corrected chi connectivity index (χ4v) is 1.89. The molecule has 17 heavy (non-hydrogen) atoms. The molecule has 0 aliphatic rings. The van der Waals surface area contributed by atoms with Gasteiger partial charge in [-0.3, -0.25) is 9.00 Å². The number of hydrogen-bond acceptors (Lipinski definition) is 4. The maximum atomic E-state index is 10.9. The number of aliphatic carboxylic acids is 1. The van der Waals surface area contributed by atoms with Crippen LogP contribution in [0.3, 0.4) is 0 Å². The van der Waals surface area contributed by atoms with Gasteiger partial charge in [0.15, 0.2) is 0 Å². The van der Waals surface area contributed by atoms with Gasteiger partial charge < -0.3 is 15.7 Å². The van der Waals surface area contributed by atoms with E-state index in [1.54, 1.807) is 6.26 Å². The largest absolute Gasteiger partial charge is 0.480 e. The van der Waals surface area contributed by atoms with Gasteiger partial charge in [0.1, 0.15) is 6.04 Å². The van der Waals surface area contributed by atoms with E-state index in [0.717, 1.165) is 0 Å². The normalized spacial score (nSPS) is 15.9. The van der Waals surface area contributed by atoms with Gasteiger partial charge in [0.25, 0.3) is 0 Å². The second kappa shape index (κ2) is 8.19. The van der Waals surface area contributed by atoms with E-state index in [1.165, 1.54) is 6.92 Å². The lowest BCUT2D eigenvalue weighted by Gasteiger charge is -2.18. The summed E-state index contributed by atoms with van der Waals surface area (Å²) < 4.78 is 10.9. The first-order chi connectivity index (χ1) is 7.82. The molecule has 0 aliphatic carbocycles. The third kappa shape index (κ3) is 8.82. The third-order valence-corrected chi connectivity index (χ3v) is 2.99. The summed E-state index contributed by atoms with van der Waals surface area (Å²) in [4.78, 5) is 21.6. The highest BCUT2D eigenvalue weighted by atomic mass is 32.2. The Labute approximate surface area is 104 Å². The summed E-state index contributed by atoms with van der Waals surface area (Å²) in [5, 5.41) is 14.2. The first-order valence-corrected chi connectivity index (χ1v) is 7.09. The molecule has 0 bridgehead atoms. The molecule has 1 amide bonds. The highest BCUT2D eigenvalue weighted by molar-refractivity contribution is 7.84. The second-order valence-electron chi connectivity index (χ2n) is 3.97. The number of hydrogen-bond donors (Lipinski definition) is 3. The Morgan fingerprint density at radius 2 is 2.00 bits per heavy atom. The number of carbonyl (C=O) groups excluding carboxylic acids is 1. The van der Waals surface area contributed by atoms with Crippen molar-refractivity contribution >= 4 is 22.7 Å². The Hall–Kier alpha value is -0.950. The number of nitrogens with one attached hydrogen (secondary N) is 2. The van der Waals surface area contributed by atoms with Crippen molar-refractivity contribution in [3.8, 4) is 0 Å². The Kier molecular flexibility index (Phi) is 7.73. The molecule has 0 saturated heterocycles. The zero-order valence-corrected chi connectivity index (χ0v) is 11.2. The lowest BCUT2D eigenvalue weighted by molar-refractivity contribution is -0.141. The van der Waals surface area contributed by atoms with Crippen LogP contribution >= 0.6 is 0 Å². The Morgan fingerprint density at radius 3 is 2.41 bits per heavy atom. The maximum absolute atomic E-state index is 10.9. The summed E-state index contributed by atoms with van der Waals surface area (Å²) in [6.07, 6.45) is 2.33. The number of carbonyl (C=O) groups is 2. The summed E-state index contributed by atoms with van der Waals surface area (Å²) in [5.74, 6) is -0.869. The molecule has 0 radical (unpaired) electrons. The van der Waals surface area contributed by atoms with Crippen molar-refractivity contribution in [1.29, 1.82) is 0 Å². The molecule has 0 saturated carbocycles. The van der Waals surface area contributed by atoms with Gasteiger partial charge in [-0.2, -0.15) is 0 Å². The predicted molar refractivity (Wildman–Crippen MR) is 66.3 cm³/mol. The van der Waals surface area contributed by atoms with E-state index in [2.05, 4.69) is 10.6 Å². The van der Waals surface area contributed by atoms with Crippen LogP contribution in [0.5, 0.6) is 0 Å². The molecule has 3 atom stereocenters. The van der Waals surface area contributed by atoms with E-state index in [9.17, 15) is 13.8 Å². The lowest BCUT2D eigenvalue weighted by Crippen LogP contribution is -2.48. The van der Waals surface area contributed by atoms with Crippen LogP contribution in [0, 0.1) is 0 Å². The molecule has 0 spiro atoms. The fourth-order valence-electron chi connectivity index (χ4n) is 1.21. The first-order valence-electron chi connectivity index (χ1n) is 5.36. The van der Waals surface area contributed by atoms with E-state index < -0.39 is 22.8 Å². The average Bonchev–Trinajstić information content (AvgIpc) is 2.20. The molecule has 100 valence electrons. The SMILES string of the molecule is CC(=O)NC(CNC(C)CCS(C)=O)C(=O)O. The van der Waals surface area contributed by atoms with Gasteiger partial charge in [0.05, 0.1) is 0 Å². The summed E-state index contributed by atoms with van der Waals surface area (Å²) in [7, 11) is -0.844. The summed E-state index contributed by atoms with van der Waals surface area (Å²) in [5.41, 5.74) is 0. The van der Waals surface area contributed by atoms with Crippen molar-refractivity contribution in [2.45, 2.75) is 32.4 Å². The molecule has 7 heteroatoms. The monoisotopic (exact) mass is 264 g/mol. The van der Waals surface area contributed by atoms with Crippen LogP contribution in [-0.4, -0.2) is 51.8 Å². The molecular weight excluding hydrogens is 244 g/mol. The minimum Gasteiger partial charge on any atom is -0.480 e. The molecule has 0 rings (SSSR count). The van der Waals surface area contributed by atoms with Crippen molar-refractivity contribution < 1.29 is 18.9 Å². The van der Waals surface area contributed by atoms with Gasteiger partial charge in [0, 0.05) is 42.3 Å². The summed E-state index contributed by atoms with van der Waals surface area (Å²) >= 11 is 0. The van der Waals surface area contributed by atoms with Crippen molar-refractivity contribution in [2.24, 2.45) is 0 Å². The average molecular weight is 264 g/mol. The highest BCUT2D eigenvalue weighted by Gasteiger charge is 2.18. The molecule has 0 aromatic rings. The number of rotatable bonds is 8. The third-order valence-electron chi connectivity index (χ3n) is 2.18. The minimum atomic E-state index is -1.07. The van der Waals surface area contributed by atoms with Crippen LogP contribution in [0.1, 0.15) is 20.3 Å². The standard InChI is InChI=1S/C10H20N2O4S/c1-7(4-5-17(3)16)11-6-9(10(14)15)12-8(2)13/h7,9,11H,4-6H2,1-3H3,(H,12,13)(H,14,15). The number of carboxylic acids is 1. The van der Waals surface area contributed by atoms with Gasteiger partial charge in [-0.1, -0.05) is 0 Å². The quantitative estimate of drug-likeness (QED) is 0.540. The van der Waals surface area contributed by atoms with Crippen LogP contribution in [0.15, 0.2) is 0 Å². The van der Waals surface area contributed by atoms with Gasteiger partial charge >= 0.3 is 5.97 Å². The summed E-state index contributed by atoms with van der Waals surface area (Å²) in [6, 6.07) is -0.864. The van der Waals surface area contributed by atoms with Crippen molar-refractivity contribution in [1.82, 2.24) is 10.6 Å². The van der Waals surface area contributed by atoms with Crippen LogP contribution in [-0.2, 0) is 20.4 Å². The van der Waals surface area contributed by atoms with Crippen molar-refractivity contribution in [3.63, 3.8) is 0 Å². The minimum absolute atomic E-state index is 0.0644. The van der Waals surface area contributed by atoms with Gasteiger partial charge in [0.2, 0.25) is 5.91 Å². The molecule has 0 aliphatic heterocycles. The zero-order valence-electron chi connectivity index (χ0n) is 10.4. The molecular formula is C10H20N2O4S. The van der Waals surface area contributed by atoms with E-state index in [0.29, 0.717) is 12.2 Å². The molecule has 0 heterocycles. The smallest absolute Gasteiger partial charge is 0.327 e. The maximum Gasteiger partial charge on any atom is 0.327 e. The van der Waals surface area contributed by atoms with E-state index in [-0.39, 0.29) is 18.5 Å². The Bertz CT molecular complexity index is 296. The molecule has 3 unspecified atom stereocenters. The molecule has 6 nitrogen and oxygen atoms in total. The van der Waals surface area contributed by atoms with Crippen molar-refractivity contribution in [3.05, 3.63) is 0 Å². The number of amides is 1. The molecule has 0 fully saturated rings. The Morgan fingerprint density at radius 1 is 1.41 bits per heavy atom. The number of carboxylic acid groups (broad SMARTS) is 1. The topological polar surface area (TPSA) is 95.5 Å². The van der Waals surface area contributed by atoms with Gasteiger partial charge in [-0.15, -0.1) is 0 Å². The Balaban J connectivity index is 3.99. The van der Waals surface area contributed by atoms with Gasteiger partial charge in [-0.05, 0) is 13.3 Å². The predicted octanol–water partition coefficient (Wildman–Crippen LogP) is -0.678. The van der Waals surface area contributed by atoms with Gasteiger partial charge in [-0.25, -0.2) is 4.79 Å². The molecule has 0 aromatic heterocycles. The van der Waals surface area contributed by atoms with E-state index in [1.807, 2.05) is 6.92 Å². The highest BCUT2D eigenvalue weighted by Crippen LogP contribution is 1.93. The van der Waals surface area contributed by atoms with Crippen LogP contribution in [0.2, 0.25) is 0 Å². The van der Waals surface area contributed by atoms with Crippen LogP contribution in [0.25, 0.3) is 0 Å². The second-order valence-corrected chi connectivity index (χ2v) is 5.52. The van der Waals surface area contributed by atoms with Crippen LogP contribution < -0.4 is 10.6 Å². The fraction of sp³-hybridized carbons (Fsp3) is 0.800.